The number of aliphatic carboxylic acids is 1. The first-order chi connectivity index (χ1) is 6.00. The Morgan fingerprint density at radius 1 is 1.46 bits per heavy atom. The zero-order chi connectivity index (χ0) is 10.0. The number of halogens is 2. The Bertz CT molecular complexity index is 322. The molecule has 0 fully saturated rings. The summed E-state index contributed by atoms with van der Waals surface area (Å²) in [5.74, 6) is -1.40. The number of hydrogen-bond acceptors (Lipinski definition) is 3. The van der Waals surface area contributed by atoms with Gasteiger partial charge in [-0.2, -0.15) is 0 Å². The van der Waals surface area contributed by atoms with Gasteiger partial charge in [0, 0.05) is 5.02 Å². The molecule has 0 spiro atoms. The summed E-state index contributed by atoms with van der Waals surface area (Å²) in [6.45, 7) is 0. The molecule has 0 amide bonds. The summed E-state index contributed by atoms with van der Waals surface area (Å²) in [5, 5.41) is 17.8. The van der Waals surface area contributed by atoms with Gasteiger partial charge in [0.1, 0.15) is 5.15 Å². The van der Waals surface area contributed by atoms with E-state index in [1.54, 1.807) is 0 Å². The van der Waals surface area contributed by atoms with Crippen molar-refractivity contribution >= 4 is 29.2 Å². The summed E-state index contributed by atoms with van der Waals surface area (Å²) in [4.78, 5) is 14.0. The van der Waals surface area contributed by atoms with Crippen molar-refractivity contribution in [3.63, 3.8) is 0 Å². The largest absolute Gasteiger partial charge is 0.479 e. The normalized spacial score (nSPS) is 12.5. The van der Waals surface area contributed by atoms with Crippen LogP contribution in [0.1, 0.15) is 11.8 Å². The molecule has 2 N–H and O–H groups in total. The zero-order valence-corrected chi connectivity index (χ0v) is 7.75. The molecular weight excluding hydrogens is 217 g/mol. The van der Waals surface area contributed by atoms with Crippen LogP contribution in [0.3, 0.4) is 0 Å². The minimum atomic E-state index is -1.70. The van der Waals surface area contributed by atoms with Gasteiger partial charge in [-0.05, 0) is 12.1 Å². The van der Waals surface area contributed by atoms with Gasteiger partial charge in [-0.15, -0.1) is 0 Å². The first-order valence-corrected chi connectivity index (χ1v) is 4.00. The van der Waals surface area contributed by atoms with E-state index in [4.69, 9.17) is 33.4 Å². The number of rotatable bonds is 2. The van der Waals surface area contributed by atoms with Crippen molar-refractivity contribution < 1.29 is 15.0 Å². The van der Waals surface area contributed by atoms with Crippen molar-refractivity contribution in [1.82, 2.24) is 4.98 Å². The summed E-state index contributed by atoms with van der Waals surface area (Å²) in [6.07, 6.45) is -1.70. The van der Waals surface area contributed by atoms with Crippen molar-refractivity contribution in [3.8, 4) is 0 Å². The molecule has 0 aliphatic rings. The van der Waals surface area contributed by atoms with Gasteiger partial charge < -0.3 is 10.2 Å². The molecule has 4 nitrogen and oxygen atoms in total. The van der Waals surface area contributed by atoms with Crippen molar-refractivity contribution in [2.75, 3.05) is 0 Å². The van der Waals surface area contributed by atoms with Gasteiger partial charge in [0.25, 0.3) is 0 Å². The van der Waals surface area contributed by atoms with Gasteiger partial charge in [-0.3, -0.25) is 0 Å². The van der Waals surface area contributed by atoms with Crippen LogP contribution in [0, 0.1) is 0 Å². The fraction of sp³-hybridized carbons (Fsp3) is 0.143. The zero-order valence-electron chi connectivity index (χ0n) is 6.24. The SMILES string of the molecule is O=C(O)C(O)c1cc(Cl)cc(Cl)n1. The molecule has 13 heavy (non-hydrogen) atoms. The molecule has 6 heteroatoms. The van der Waals surface area contributed by atoms with Crippen LogP contribution in [0.5, 0.6) is 0 Å². The number of nitrogens with zero attached hydrogens (tertiary/aromatic N) is 1. The van der Waals surface area contributed by atoms with E-state index in [0.717, 1.165) is 0 Å². The summed E-state index contributed by atoms with van der Waals surface area (Å²) >= 11 is 11.1. The number of carboxylic acids is 1. The first kappa shape index (κ1) is 10.2. The Morgan fingerprint density at radius 2 is 2.08 bits per heavy atom. The maximum atomic E-state index is 10.3. The van der Waals surface area contributed by atoms with Crippen molar-refractivity contribution in [3.05, 3.63) is 28.0 Å². The second-order valence-electron chi connectivity index (χ2n) is 2.27. The minimum absolute atomic E-state index is 0.0443. The molecule has 1 heterocycles. The van der Waals surface area contributed by atoms with Crippen LogP contribution in [-0.2, 0) is 4.79 Å². The molecule has 0 aliphatic carbocycles. The lowest BCUT2D eigenvalue weighted by atomic mass is 10.2. The second-order valence-corrected chi connectivity index (χ2v) is 3.10. The molecular formula is C7H5Cl2NO3. The Balaban J connectivity index is 3.07. The third-order valence-electron chi connectivity index (χ3n) is 1.29. The van der Waals surface area contributed by atoms with Gasteiger partial charge >= 0.3 is 5.97 Å². The van der Waals surface area contributed by atoms with Crippen molar-refractivity contribution in [1.29, 1.82) is 0 Å². The number of carbonyl (C=O) groups is 1. The monoisotopic (exact) mass is 221 g/mol. The molecule has 70 valence electrons. The fourth-order valence-corrected chi connectivity index (χ4v) is 1.24. The highest BCUT2D eigenvalue weighted by molar-refractivity contribution is 6.33. The van der Waals surface area contributed by atoms with E-state index in [2.05, 4.69) is 4.98 Å². The van der Waals surface area contributed by atoms with E-state index in [1.807, 2.05) is 0 Å². The molecule has 1 aromatic rings. The van der Waals surface area contributed by atoms with E-state index in [1.165, 1.54) is 12.1 Å². The standard InChI is InChI=1S/C7H5Cl2NO3/c8-3-1-4(6(11)7(12)13)10-5(9)2-3/h1-2,6,11H,(H,12,13). The smallest absolute Gasteiger partial charge is 0.338 e. The van der Waals surface area contributed by atoms with E-state index in [0.29, 0.717) is 0 Å². The molecule has 1 unspecified atom stereocenters. The minimum Gasteiger partial charge on any atom is -0.479 e. The summed E-state index contributed by atoms with van der Waals surface area (Å²) in [7, 11) is 0. The predicted molar refractivity (Wildman–Crippen MR) is 46.9 cm³/mol. The quantitative estimate of drug-likeness (QED) is 0.744. The van der Waals surface area contributed by atoms with Gasteiger partial charge in [-0.25, -0.2) is 9.78 Å². The van der Waals surface area contributed by atoms with Gasteiger partial charge in [0.2, 0.25) is 0 Å². The Kier molecular flexibility index (Phi) is 3.08. The van der Waals surface area contributed by atoms with E-state index < -0.39 is 12.1 Å². The lowest BCUT2D eigenvalue weighted by Crippen LogP contribution is -2.12. The topological polar surface area (TPSA) is 70.4 Å². The average Bonchev–Trinajstić information content (AvgIpc) is 2.01. The van der Waals surface area contributed by atoms with Crippen LogP contribution in [-0.4, -0.2) is 21.2 Å². The van der Waals surface area contributed by atoms with Crippen LogP contribution in [0.25, 0.3) is 0 Å². The number of hydrogen-bond donors (Lipinski definition) is 2. The third-order valence-corrected chi connectivity index (χ3v) is 1.70. The van der Waals surface area contributed by atoms with Crippen LogP contribution >= 0.6 is 23.2 Å². The maximum absolute atomic E-state index is 10.3. The van der Waals surface area contributed by atoms with Gasteiger partial charge in [0.15, 0.2) is 6.10 Å². The molecule has 0 aliphatic heterocycles. The van der Waals surface area contributed by atoms with Crippen LogP contribution in [0.4, 0.5) is 0 Å². The highest BCUT2D eigenvalue weighted by Crippen LogP contribution is 2.19. The number of aromatic nitrogens is 1. The van der Waals surface area contributed by atoms with E-state index >= 15 is 0 Å². The lowest BCUT2D eigenvalue weighted by Gasteiger charge is -2.04. The Labute approximate surface area is 83.7 Å². The molecule has 0 bridgehead atoms. The summed E-state index contributed by atoms with van der Waals surface area (Å²) in [6, 6.07) is 2.59. The number of carboxylic acid groups (broad SMARTS) is 1. The molecule has 0 saturated carbocycles. The number of aliphatic hydroxyl groups is 1. The molecule has 1 rings (SSSR count). The molecule has 0 radical (unpaired) electrons. The molecule has 0 aromatic carbocycles. The predicted octanol–water partition coefficient (Wildman–Crippen LogP) is 1.51. The second kappa shape index (κ2) is 3.91. The van der Waals surface area contributed by atoms with Crippen LogP contribution < -0.4 is 0 Å². The van der Waals surface area contributed by atoms with Gasteiger partial charge in [0.05, 0.1) is 5.69 Å². The van der Waals surface area contributed by atoms with Crippen LogP contribution in [0.2, 0.25) is 10.2 Å². The van der Waals surface area contributed by atoms with E-state index in [-0.39, 0.29) is 15.9 Å². The maximum Gasteiger partial charge on any atom is 0.338 e. The molecule has 0 saturated heterocycles. The van der Waals surface area contributed by atoms with Crippen molar-refractivity contribution in [2.45, 2.75) is 6.10 Å². The Hall–Kier alpha value is -0.840. The molecule has 1 atom stereocenters. The fourth-order valence-electron chi connectivity index (χ4n) is 0.751. The molecule has 1 aromatic heterocycles. The number of aliphatic hydroxyl groups excluding tert-OH is 1. The lowest BCUT2D eigenvalue weighted by molar-refractivity contribution is -0.147. The van der Waals surface area contributed by atoms with E-state index in [9.17, 15) is 4.79 Å². The Morgan fingerprint density at radius 3 is 2.54 bits per heavy atom. The summed E-state index contributed by atoms with van der Waals surface area (Å²) in [5.41, 5.74) is -0.0787. The van der Waals surface area contributed by atoms with Gasteiger partial charge in [-0.1, -0.05) is 23.2 Å². The average molecular weight is 222 g/mol. The third kappa shape index (κ3) is 2.55. The number of pyridine rings is 1. The highest BCUT2D eigenvalue weighted by atomic mass is 35.5. The first-order valence-electron chi connectivity index (χ1n) is 3.24. The summed E-state index contributed by atoms with van der Waals surface area (Å²) < 4.78 is 0. The highest BCUT2D eigenvalue weighted by Gasteiger charge is 2.18. The van der Waals surface area contributed by atoms with Crippen LogP contribution in [0.15, 0.2) is 12.1 Å². The van der Waals surface area contributed by atoms with Crippen molar-refractivity contribution in [2.24, 2.45) is 0 Å².